The maximum Gasteiger partial charge on any atom is 0.282 e. The predicted molar refractivity (Wildman–Crippen MR) is 114 cm³/mol. The van der Waals surface area contributed by atoms with Gasteiger partial charge in [0.05, 0.1) is 19.9 Å². The first-order valence-electron chi connectivity index (χ1n) is 10.3. The SMILES string of the molecule is COc1ccc(C)cc1C[NH+]1CC[NH+]([C@H](C)C(=O)Nc2ccccc2OC)CC1. The van der Waals surface area contributed by atoms with Crippen molar-refractivity contribution in [2.75, 3.05) is 45.7 Å². The maximum atomic E-state index is 12.8. The van der Waals surface area contributed by atoms with Crippen molar-refractivity contribution in [2.24, 2.45) is 0 Å². The molecule has 2 aromatic rings. The van der Waals surface area contributed by atoms with E-state index in [1.54, 1.807) is 14.2 Å². The number of para-hydroxylation sites is 2. The number of carbonyl (C=O) groups is 1. The number of ether oxygens (including phenoxy) is 2. The molecule has 29 heavy (non-hydrogen) atoms. The van der Waals surface area contributed by atoms with Crippen LogP contribution < -0.4 is 24.6 Å². The van der Waals surface area contributed by atoms with E-state index in [9.17, 15) is 4.79 Å². The van der Waals surface area contributed by atoms with Crippen molar-refractivity contribution in [1.29, 1.82) is 0 Å². The van der Waals surface area contributed by atoms with E-state index in [-0.39, 0.29) is 11.9 Å². The summed E-state index contributed by atoms with van der Waals surface area (Å²) >= 11 is 0. The standard InChI is InChI=1S/C23H31N3O3/c1-17-9-10-21(28-3)19(15-17)16-25-11-13-26(14-12-25)18(2)23(27)24-20-7-5-6-8-22(20)29-4/h5-10,15,18H,11-14,16H2,1-4H3,(H,24,27)/p+2/t18-/m1/s1. The average Bonchev–Trinajstić information content (AvgIpc) is 2.74. The number of aryl methyl sites for hydroxylation is 1. The number of carbonyl (C=O) groups excluding carboxylic acids is 1. The van der Waals surface area contributed by atoms with Gasteiger partial charge in [0.2, 0.25) is 0 Å². The van der Waals surface area contributed by atoms with Crippen molar-refractivity contribution in [3.05, 3.63) is 53.6 Å². The van der Waals surface area contributed by atoms with Gasteiger partial charge in [0.15, 0.2) is 6.04 Å². The number of nitrogens with one attached hydrogen (secondary N) is 3. The van der Waals surface area contributed by atoms with Crippen LogP contribution in [0.3, 0.4) is 0 Å². The number of amides is 1. The minimum absolute atomic E-state index is 0.0355. The van der Waals surface area contributed by atoms with E-state index >= 15 is 0 Å². The lowest BCUT2D eigenvalue weighted by atomic mass is 10.1. The summed E-state index contributed by atoms with van der Waals surface area (Å²) in [5.74, 6) is 1.68. The van der Waals surface area contributed by atoms with Crippen LogP contribution in [0.2, 0.25) is 0 Å². The van der Waals surface area contributed by atoms with Crippen LogP contribution in [0, 0.1) is 6.92 Å². The molecule has 3 rings (SSSR count). The number of quaternary nitrogens is 2. The van der Waals surface area contributed by atoms with Gasteiger partial charge in [-0.1, -0.05) is 23.8 Å². The van der Waals surface area contributed by atoms with Crippen molar-refractivity contribution < 1.29 is 24.1 Å². The second-order valence-electron chi connectivity index (χ2n) is 7.81. The van der Waals surface area contributed by atoms with E-state index in [0.29, 0.717) is 5.75 Å². The second kappa shape index (κ2) is 9.76. The van der Waals surface area contributed by atoms with Gasteiger partial charge in [-0.3, -0.25) is 4.79 Å². The normalized spacial score (nSPS) is 20.0. The van der Waals surface area contributed by atoms with Gasteiger partial charge < -0.3 is 24.6 Å². The van der Waals surface area contributed by atoms with Crippen molar-refractivity contribution in [3.63, 3.8) is 0 Å². The van der Waals surface area contributed by atoms with Gasteiger partial charge in [-0.05, 0) is 38.1 Å². The summed E-state index contributed by atoms with van der Waals surface area (Å²) in [4.78, 5) is 15.6. The van der Waals surface area contributed by atoms with Crippen molar-refractivity contribution in [2.45, 2.75) is 26.4 Å². The third-order valence-corrected chi connectivity index (χ3v) is 5.85. The summed E-state index contributed by atoms with van der Waals surface area (Å²) in [6.07, 6.45) is 0. The zero-order valence-corrected chi connectivity index (χ0v) is 17.9. The Bertz CT molecular complexity index is 832. The molecule has 156 valence electrons. The number of hydrogen-bond acceptors (Lipinski definition) is 3. The fourth-order valence-electron chi connectivity index (χ4n) is 4.02. The number of hydrogen-bond donors (Lipinski definition) is 3. The number of anilines is 1. The Morgan fingerprint density at radius 2 is 1.72 bits per heavy atom. The van der Waals surface area contributed by atoms with Crippen LogP contribution in [-0.2, 0) is 11.3 Å². The van der Waals surface area contributed by atoms with Gasteiger partial charge in [-0.25, -0.2) is 0 Å². The van der Waals surface area contributed by atoms with Gasteiger partial charge in [0.25, 0.3) is 5.91 Å². The molecule has 1 aliphatic rings. The molecule has 6 nitrogen and oxygen atoms in total. The third-order valence-electron chi connectivity index (χ3n) is 5.85. The van der Waals surface area contributed by atoms with Crippen LogP contribution >= 0.6 is 0 Å². The number of benzene rings is 2. The highest BCUT2D eigenvalue weighted by Gasteiger charge is 2.31. The molecule has 0 bridgehead atoms. The number of methoxy groups -OCH3 is 2. The highest BCUT2D eigenvalue weighted by molar-refractivity contribution is 5.94. The first kappa shape index (κ1) is 21.1. The molecule has 0 unspecified atom stereocenters. The summed E-state index contributed by atoms with van der Waals surface area (Å²) in [6, 6.07) is 13.8. The molecule has 0 aliphatic carbocycles. The summed E-state index contributed by atoms with van der Waals surface area (Å²) in [5, 5.41) is 3.02. The maximum absolute atomic E-state index is 12.8. The van der Waals surface area contributed by atoms with E-state index in [2.05, 4.69) is 30.4 Å². The van der Waals surface area contributed by atoms with Crippen LogP contribution in [0.5, 0.6) is 11.5 Å². The van der Waals surface area contributed by atoms with Gasteiger partial charge in [-0.2, -0.15) is 0 Å². The van der Waals surface area contributed by atoms with Crippen LogP contribution in [-0.4, -0.2) is 52.3 Å². The van der Waals surface area contributed by atoms with E-state index in [0.717, 1.165) is 44.2 Å². The molecule has 0 radical (unpaired) electrons. The van der Waals surface area contributed by atoms with E-state index in [1.165, 1.54) is 20.9 Å². The molecule has 6 heteroatoms. The van der Waals surface area contributed by atoms with Gasteiger partial charge in [0, 0.05) is 5.56 Å². The highest BCUT2D eigenvalue weighted by atomic mass is 16.5. The van der Waals surface area contributed by atoms with Crippen LogP contribution in [0.4, 0.5) is 5.69 Å². The molecule has 3 N–H and O–H groups in total. The first-order chi connectivity index (χ1) is 14.0. The lowest BCUT2D eigenvalue weighted by Gasteiger charge is -2.33. The Hall–Kier alpha value is -2.57. The lowest BCUT2D eigenvalue weighted by Crippen LogP contribution is -3.29. The summed E-state index contributed by atoms with van der Waals surface area (Å²) in [5.41, 5.74) is 3.24. The van der Waals surface area contributed by atoms with Gasteiger partial charge in [-0.15, -0.1) is 0 Å². The van der Waals surface area contributed by atoms with Crippen molar-refractivity contribution in [1.82, 2.24) is 0 Å². The Labute approximate surface area is 173 Å². The highest BCUT2D eigenvalue weighted by Crippen LogP contribution is 2.23. The van der Waals surface area contributed by atoms with Gasteiger partial charge >= 0.3 is 0 Å². The van der Waals surface area contributed by atoms with Crippen LogP contribution in [0.25, 0.3) is 0 Å². The third kappa shape index (κ3) is 5.28. The molecule has 0 saturated carbocycles. The minimum Gasteiger partial charge on any atom is -0.496 e. The second-order valence-corrected chi connectivity index (χ2v) is 7.81. The summed E-state index contributed by atoms with van der Waals surface area (Å²) in [6.45, 7) is 9.11. The Kier molecular flexibility index (Phi) is 7.12. The topological polar surface area (TPSA) is 56.4 Å². The van der Waals surface area contributed by atoms with E-state index in [1.807, 2.05) is 31.2 Å². The molecule has 0 spiro atoms. The van der Waals surface area contributed by atoms with Crippen LogP contribution in [0.1, 0.15) is 18.1 Å². The zero-order valence-electron chi connectivity index (χ0n) is 17.9. The van der Waals surface area contributed by atoms with Crippen molar-refractivity contribution in [3.8, 4) is 11.5 Å². The molecule has 1 atom stereocenters. The first-order valence-corrected chi connectivity index (χ1v) is 10.3. The molecule has 0 aromatic heterocycles. The summed E-state index contributed by atoms with van der Waals surface area (Å²) < 4.78 is 10.9. The minimum atomic E-state index is -0.102. The van der Waals surface area contributed by atoms with Crippen LogP contribution in [0.15, 0.2) is 42.5 Å². The molecular weight excluding hydrogens is 366 g/mol. The quantitative estimate of drug-likeness (QED) is 0.629. The van der Waals surface area contributed by atoms with E-state index < -0.39 is 0 Å². The monoisotopic (exact) mass is 399 g/mol. The fourth-order valence-corrected chi connectivity index (χ4v) is 4.02. The molecule has 1 aliphatic heterocycles. The molecular formula is C23H33N3O3+2. The number of rotatable bonds is 7. The molecule has 1 amide bonds. The predicted octanol–water partition coefficient (Wildman–Crippen LogP) is 0.323. The largest absolute Gasteiger partial charge is 0.496 e. The average molecular weight is 400 g/mol. The fraction of sp³-hybridized carbons (Fsp3) is 0.435. The lowest BCUT2D eigenvalue weighted by molar-refractivity contribution is -1.02. The Morgan fingerprint density at radius 1 is 1.03 bits per heavy atom. The molecule has 1 heterocycles. The smallest absolute Gasteiger partial charge is 0.282 e. The zero-order chi connectivity index (χ0) is 20.8. The number of piperazine rings is 1. The molecule has 1 saturated heterocycles. The van der Waals surface area contributed by atoms with Gasteiger partial charge in [0.1, 0.15) is 44.2 Å². The summed E-state index contributed by atoms with van der Waals surface area (Å²) in [7, 11) is 3.35. The Balaban J connectivity index is 1.55. The van der Waals surface area contributed by atoms with E-state index in [4.69, 9.17) is 9.47 Å². The Morgan fingerprint density at radius 3 is 2.41 bits per heavy atom. The van der Waals surface area contributed by atoms with Crippen molar-refractivity contribution >= 4 is 11.6 Å². The molecule has 1 fully saturated rings. The molecule has 2 aromatic carbocycles.